The Labute approximate surface area is 124 Å². The second-order valence-corrected chi connectivity index (χ2v) is 6.78. The van der Waals surface area contributed by atoms with E-state index in [1.807, 2.05) is 36.0 Å². The standard InChI is InChI=1S/C15H20ClNOS/c16-13-5-3-4-12(10-13)11-15(18)17-8-9-19-14-6-1-2-7-14/h3-5,10,14H,1-2,6-9,11H2,(H,17,18). The van der Waals surface area contributed by atoms with Gasteiger partial charge >= 0.3 is 0 Å². The SMILES string of the molecule is O=C(Cc1cccc(Cl)c1)NCCSC1CCCC1. The second-order valence-electron chi connectivity index (χ2n) is 4.93. The van der Waals surface area contributed by atoms with Gasteiger partial charge in [-0.2, -0.15) is 11.8 Å². The maximum atomic E-state index is 11.8. The van der Waals surface area contributed by atoms with Gasteiger partial charge < -0.3 is 5.32 Å². The van der Waals surface area contributed by atoms with Gasteiger partial charge in [0.05, 0.1) is 6.42 Å². The number of rotatable bonds is 6. The molecule has 0 radical (unpaired) electrons. The molecule has 1 N–H and O–H groups in total. The van der Waals surface area contributed by atoms with Gasteiger partial charge in [0.15, 0.2) is 0 Å². The summed E-state index contributed by atoms with van der Waals surface area (Å²) in [5.74, 6) is 1.10. The van der Waals surface area contributed by atoms with E-state index in [-0.39, 0.29) is 5.91 Å². The van der Waals surface area contributed by atoms with E-state index in [2.05, 4.69) is 5.32 Å². The summed E-state index contributed by atoms with van der Waals surface area (Å²) in [7, 11) is 0. The smallest absolute Gasteiger partial charge is 0.224 e. The Morgan fingerprint density at radius 3 is 2.89 bits per heavy atom. The lowest BCUT2D eigenvalue weighted by Gasteiger charge is -2.09. The molecule has 0 aliphatic heterocycles. The molecular formula is C15H20ClNOS. The molecule has 0 aromatic heterocycles. The highest BCUT2D eigenvalue weighted by atomic mass is 35.5. The van der Waals surface area contributed by atoms with Gasteiger partial charge in [0.2, 0.25) is 5.91 Å². The zero-order valence-electron chi connectivity index (χ0n) is 11.0. The maximum Gasteiger partial charge on any atom is 0.224 e. The van der Waals surface area contributed by atoms with Gasteiger partial charge in [-0.25, -0.2) is 0 Å². The van der Waals surface area contributed by atoms with Crippen molar-refractivity contribution in [3.63, 3.8) is 0 Å². The number of amides is 1. The van der Waals surface area contributed by atoms with E-state index < -0.39 is 0 Å². The van der Waals surface area contributed by atoms with Gasteiger partial charge in [-0.3, -0.25) is 4.79 Å². The molecule has 4 heteroatoms. The van der Waals surface area contributed by atoms with Gasteiger partial charge in [-0.05, 0) is 30.5 Å². The molecule has 2 rings (SSSR count). The monoisotopic (exact) mass is 297 g/mol. The second kappa shape index (κ2) is 7.81. The number of thioether (sulfide) groups is 1. The molecule has 104 valence electrons. The first-order valence-electron chi connectivity index (χ1n) is 6.87. The van der Waals surface area contributed by atoms with Gasteiger partial charge in [-0.15, -0.1) is 0 Å². The quantitative estimate of drug-likeness (QED) is 0.812. The molecular weight excluding hydrogens is 278 g/mol. The van der Waals surface area contributed by atoms with Crippen LogP contribution in [0.4, 0.5) is 0 Å². The van der Waals surface area contributed by atoms with Crippen molar-refractivity contribution in [3.05, 3.63) is 34.9 Å². The molecule has 1 aliphatic carbocycles. The van der Waals surface area contributed by atoms with Crippen LogP contribution in [0.2, 0.25) is 5.02 Å². The molecule has 1 fully saturated rings. The summed E-state index contributed by atoms with van der Waals surface area (Å²) in [6.07, 6.45) is 5.86. The van der Waals surface area contributed by atoms with Crippen molar-refractivity contribution < 1.29 is 4.79 Å². The largest absolute Gasteiger partial charge is 0.355 e. The summed E-state index contributed by atoms with van der Waals surface area (Å²) in [4.78, 5) is 11.8. The van der Waals surface area contributed by atoms with Crippen LogP contribution in [0.15, 0.2) is 24.3 Å². The van der Waals surface area contributed by atoms with Gasteiger partial charge in [0.25, 0.3) is 0 Å². The van der Waals surface area contributed by atoms with E-state index in [1.54, 1.807) is 0 Å². The van der Waals surface area contributed by atoms with Gasteiger partial charge in [0, 0.05) is 22.6 Å². The number of carbonyl (C=O) groups is 1. The molecule has 1 aliphatic rings. The van der Waals surface area contributed by atoms with Crippen molar-refractivity contribution in [1.82, 2.24) is 5.32 Å². The van der Waals surface area contributed by atoms with E-state index in [0.717, 1.165) is 23.1 Å². The molecule has 2 nitrogen and oxygen atoms in total. The number of carbonyl (C=O) groups excluding carboxylic acids is 1. The highest BCUT2D eigenvalue weighted by Crippen LogP contribution is 2.28. The molecule has 1 aromatic carbocycles. The Bertz CT molecular complexity index is 418. The van der Waals surface area contributed by atoms with Crippen LogP contribution in [0.5, 0.6) is 0 Å². The van der Waals surface area contributed by atoms with Crippen molar-refractivity contribution in [2.24, 2.45) is 0 Å². The molecule has 0 atom stereocenters. The van der Waals surface area contributed by atoms with Crippen molar-refractivity contribution in [2.75, 3.05) is 12.3 Å². The number of halogens is 1. The summed E-state index contributed by atoms with van der Waals surface area (Å²) in [5.41, 5.74) is 0.966. The maximum absolute atomic E-state index is 11.8. The zero-order chi connectivity index (χ0) is 13.5. The third-order valence-electron chi connectivity index (χ3n) is 3.33. The summed E-state index contributed by atoms with van der Waals surface area (Å²) >= 11 is 7.89. The fraction of sp³-hybridized carbons (Fsp3) is 0.533. The van der Waals surface area contributed by atoms with Crippen molar-refractivity contribution in [3.8, 4) is 0 Å². The lowest BCUT2D eigenvalue weighted by molar-refractivity contribution is -0.120. The molecule has 1 aromatic rings. The average molecular weight is 298 g/mol. The minimum absolute atomic E-state index is 0.0780. The van der Waals surface area contributed by atoms with Crippen LogP contribution in [-0.4, -0.2) is 23.5 Å². The first-order valence-corrected chi connectivity index (χ1v) is 8.29. The Hall–Kier alpha value is -0.670. The van der Waals surface area contributed by atoms with Crippen LogP contribution in [0.25, 0.3) is 0 Å². The van der Waals surface area contributed by atoms with Crippen LogP contribution >= 0.6 is 23.4 Å². The van der Waals surface area contributed by atoms with Gasteiger partial charge in [0.1, 0.15) is 0 Å². The van der Waals surface area contributed by atoms with Crippen LogP contribution < -0.4 is 5.32 Å². The third kappa shape index (κ3) is 5.45. The lowest BCUT2D eigenvalue weighted by Crippen LogP contribution is -2.27. The predicted molar refractivity (Wildman–Crippen MR) is 82.9 cm³/mol. The topological polar surface area (TPSA) is 29.1 Å². The molecule has 0 saturated heterocycles. The summed E-state index contributed by atoms with van der Waals surface area (Å²) in [5, 5.41) is 4.48. The van der Waals surface area contributed by atoms with E-state index in [9.17, 15) is 4.79 Å². The fourth-order valence-corrected chi connectivity index (χ4v) is 3.80. The fourth-order valence-electron chi connectivity index (χ4n) is 2.37. The summed E-state index contributed by atoms with van der Waals surface area (Å²) in [6, 6.07) is 7.47. The number of nitrogens with one attached hydrogen (secondary N) is 1. The summed E-state index contributed by atoms with van der Waals surface area (Å²) < 4.78 is 0. The lowest BCUT2D eigenvalue weighted by atomic mass is 10.1. The first-order chi connectivity index (χ1) is 9.24. The van der Waals surface area contributed by atoms with Crippen LogP contribution in [0, 0.1) is 0 Å². The molecule has 1 saturated carbocycles. The van der Waals surface area contributed by atoms with E-state index in [1.165, 1.54) is 25.7 Å². The first kappa shape index (κ1) is 14.7. The number of benzene rings is 1. The van der Waals surface area contributed by atoms with Gasteiger partial charge in [-0.1, -0.05) is 36.6 Å². The Morgan fingerprint density at radius 2 is 2.16 bits per heavy atom. The Morgan fingerprint density at radius 1 is 1.37 bits per heavy atom. The highest BCUT2D eigenvalue weighted by Gasteiger charge is 2.14. The van der Waals surface area contributed by atoms with E-state index in [0.29, 0.717) is 11.4 Å². The zero-order valence-corrected chi connectivity index (χ0v) is 12.6. The highest BCUT2D eigenvalue weighted by molar-refractivity contribution is 7.99. The minimum atomic E-state index is 0.0780. The van der Waals surface area contributed by atoms with Crippen LogP contribution in [-0.2, 0) is 11.2 Å². The number of hydrogen-bond acceptors (Lipinski definition) is 2. The Balaban J connectivity index is 1.61. The van der Waals surface area contributed by atoms with Crippen LogP contribution in [0.3, 0.4) is 0 Å². The Kier molecular flexibility index (Phi) is 6.05. The average Bonchev–Trinajstić information content (AvgIpc) is 2.88. The van der Waals surface area contributed by atoms with E-state index in [4.69, 9.17) is 11.6 Å². The van der Waals surface area contributed by atoms with Crippen molar-refractivity contribution >= 4 is 29.3 Å². The molecule has 0 bridgehead atoms. The summed E-state index contributed by atoms with van der Waals surface area (Å²) in [6.45, 7) is 0.764. The third-order valence-corrected chi connectivity index (χ3v) is 4.95. The normalized spacial score (nSPS) is 15.6. The molecule has 1 amide bonds. The molecule has 0 heterocycles. The minimum Gasteiger partial charge on any atom is -0.355 e. The molecule has 0 spiro atoms. The molecule has 19 heavy (non-hydrogen) atoms. The van der Waals surface area contributed by atoms with Crippen molar-refractivity contribution in [2.45, 2.75) is 37.4 Å². The van der Waals surface area contributed by atoms with Crippen molar-refractivity contribution in [1.29, 1.82) is 0 Å². The number of hydrogen-bond donors (Lipinski definition) is 1. The van der Waals surface area contributed by atoms with Crippen LogP contribution in [0.1, 0.15) is 31.2 Å². The molecule has 0 unspecified atom stereocenters. The predicted octanol–water partition coefficient (Wildman–Crippen LogP) is 3.67. The van der Waals surface area contributed by atoms with E-state index >= 15 is 0 Å².